The summed E-state index contributed by atoms with van der Waals surface area (Å²) in [5.74, 6) is 1.23. The minimum absolute atomic E-state index is 0.163. The van der Waals surface area contributed by atoms with Crippen molar-refractivity contribution in [3.63, 3.8) is 0 Å². The second kappa shape index (κ2) is 10.3. The lowest BCUT2D eigenvalue weighted by atomic mass is 10.2. The summed E-state index contributed by atoms with van der Waals surface area (Å²) in [5.41, 5.74) is 0. The predicted octanol–water partition coefficient (Wildman–Crippen LogP) is 2.00. The fourth-order valence-corrected chi connectivity index (χ4v) is 3.71. The summed E-state index contributed by atoms with van der Waals surface area (Å²) in [6, 6.07) is 9.66. The number of carbonyl (C=O) groups excluding carboxylic acids is 2. The molecule has 0 unspecified atom stereocenters. The number of hydrogen-bond donors (Lipinski definition) is 0. The van der Waals surface area contributed by atoms with Crippen LogP contribution in [0.3, 0.4) is 0 Å². The van der Waals surface area contributed by atoms with Gasteiger partial charge in [-0.15, -0.1) is 0 Å². The quantitative estimate of drug-likeness (QED) is 0.654. The maximum Gasteiger partial charge on any atom is 0.223 e. The van der Waals surface area contributed by atoms with Crippen LogP contribution < -0.4 is 4.74 Å². The third-order valence-electron chi connectivity index (χ3n) is 5.37. The molecule has 27 heavy (non-hydrogen) atoms. The van der Waals surface area contributed by atoms with Crippen LogP contribution in [-0.4, -0.2) is 78.9 Å². The average molecular weight is 373 g/mol. The van der Waals surface area contributed by atoms with Crippen molar-refractivity contribution in [2.45, 2.75) is 32.1 Å². The van der Waals surface area contributed by atoms with Gasteiger partial charge in [0.15, 0.2) is 0 Å². The van der Waals surface area contributed by atoms with E-state index in [1.165, 1.54) is 12.8 Å². The molecule has 0 spiro atoms. The summed E-state index contributed by atoms with van der Waals surface area (Å²) in [5, 5.41) is 0. The Labute approximate surface area is 162 Å². The zero-order chi connectivity index (χ0) is 18.9. The van der Waals surface area contributed by atoms with Gasteiger partial charge in [0.05, 0.1) is 6.61 Å². The van der Waals surface area contributed by atoms with E-state index in [2.05, 4.69) is 4.90 Å². The molecule has 148 valence electrons. The van der Waals surface area contributed by atoms with Crippen molar-refractivity contribution in [2.24, 2.45) is 0 Å². The average Bonchev–Trinajstić information content (AvgIpc) is 3.24. The van der Waals surface area contributed by atoms with E-state index in [4.69, 9.17) is 4.74 Å². The Morgan fingerprint density at radius 3 is 2.04 bits per heavy atom. The van der Waals surface area contributed by atoms with E-state index < -0.39 is 0 Å². The van der Waals surface area contributed by atoms with E-state index in [1.807, 2.05) is 40.1 Å². The Morgan fingerprint density at radius 1 is 0.815 bits per heavy atom. The number of hydrogen-bond acceptors (Lipinski definition) is 4. The number of carbonyl (C=O) groups is 2. The van der Waals surface area contributed by atoms with Crippen molar-refractivity contribution in [1.82, 2.24) is 14.7 Å². The minimum Gasteiger partial charge on any atom is -0.494 e. The third-order valence-corrected chi connectivity index (χ3v) is 5.37. The van der Waals surface area contributed by atoms with E-state index in [9.17, 15) is 9.59 Å². The lowest BCUT2D eigenvalue weighted by Gasteiger charge is -2.35. The molecule has 0 radical (unpaired) electrons. The number of rotatable bonds is 8. The third kappa shape index (κ3) is 6.24. The first-order valence-corrected chi connectivity index (χ1v) is 10.2. The number of piperazine rings is 1. The van der Waals surface area contributed by atoms with E-state index in [-0.39, 0.29) is 11.8 Å². The summed E-state index contributed by atoms with van der Waals surface area (Å²) in [6.07, 6.45) is 4.32. The fraction of sp³-hybridized carbons (Fsp3) is 0.619. The van der Waals surface area contributed by atoms with Gasteiger partial charge in [-0.25, -0.2) is 0 Å². The van der Waals surface area contributed by atoms with Crippen LogP contribution >= 0.6 is 0 Å². The molecule has 1 aromatic carbocycles. The molecular weight excluding hydrogens is 342 g/mol. The second-order valence-corrected chi connectivity index (χ2v) is 7.33. The van der Waals surface area contributed by atoms with E-state index in [0.717, 1.165) is 25.4 Å². The topological polar surface area (TPSA) is 53.1 Å². The van der Waals surface area contributed by atoms with Crippen LogP contribution in [0.2, 0.25) is 0 Å². The highest BCUT2D eigenvalue weighted by Crippen LogP contribution is 2.12. The van der Waals surface area contributed by atoms with Crippen LogP contribution in [0.5, 0.6) is 5.75 Å². The van der Waals surface area contributed by atoms with Gasteiger partial charge in [0.25, 0.3) is 0 Å². The zero-order valence-corrected chi connectivity index (χ0v) is 16.1. The Balaban J connectivity index is 1.28. The molecule has 0 N–H and O–H groups in total. The van der Waals surface area contributed by atoms with Gasteiger partial charge in [0, 0.05) is 45.6 Å². The number of nitrogens with zero attached hydrogens (tertiary/aromatic N) is 3. The Hall–Kier alpha value is -2.08. The minimum atomic E-state index is 0.163. The molecule has 6 nitrogen and oxygen atoms in total. The molecule has 2 aliphatic rings. The lowest BCUT2D eigenvalue weighted by Crippen LogP contribution is -2.51. The zero-order valence-electron chi connectivity index (χ0n) is 16.1. The van der Waals surface area contributed by atoms with Gasteiger partial charge in [-0.2, -0.15) is 0 Å². The summed E-state index contributed by atoms with van der Waals surface area (Å²) >= 11 is 0. The summed E-state index contributed by atoms with van der Waals surface area (Å²) in [6.45, 7) is 6.29. The standard InChI is InChI=1S/C21H31N3O3/c25-20(9-6-18-27-19-7-2-1-3-8-19)23-14-16-24(17-15-23)21(26)10-13-22-11-4-5-12-22/h1-3,7-8H,4-6,9-18H2. The fourth-order valence-electron chi connectivity index (χ4n) is 3.71. The van der Waals surface area contributed by atoms with Gasteiger partial charge >= 0.3 is 0 Å². The highest BCUT2D eigenvalue weighted by molar-refractivity contribution is 5.78. The molecule has 2 heterocycles. The van der Waals surface area contributed by atoms with Crippen LogP contribution in [-0.2, 0) is 9.59 Å². The SMILES string of the molecule is O=C(CCCOc1ccccc1)N1CCN(C(=O)CCN2CCCC2)CC1. The van der Waals surface area contributed by atoms with E-state index >= 15 is 0 Å². The molecule has 2 aliphatic heterocycles. The molecule has 0 bridgehead atoms. The number of benzene rings is 1. The molecule has 3 rings (SSSR count). The Morgan fingerprint density at radius 2 is 1.41 bits per heavy atom. The maximum absolute atomic E-state index is 12.4. The molecule has 0 saturated carbocycles. The number of ether oxygens (including phenoxy) is 1. The Bertz CT molecular complexity index is 594. The summed E-state index contributed by atoms with van der Waals surface area (Å²) in [4.78, 5) is 30.9. The van der Waals surface area contributed by atoms with Gasteiger partial charge < -0.3 is 19.4 Å². The first kappa shape index (κ1) is 19.7. The van der Waals surface area contributed by atoms with Crippen LogP contribution in [0.25, 0.3) is 0 Å². The van der Waals surface area contributed by atoms with Crippen LogP contribution in [0.4, 0.5) is 0 Å². The van der Waals surface area contributed by atoms with Crippen LogP contribution in [0.1, 0.15) is 32.1 Å². The summed E-state index contributed by atoms with van der Waals surface area (Å²) < 4.78 is 5.63. The van der Waals surface area contributed by atoms with Gasteiger partial charge in [0.2, 0.25) is 11.8 Å². The molecule has 2 amide bonds. The molecule has 1 aromatic rings. The van der Waals surface area contributed by atoms with Crippen LogP contribution in [0.15, 0.2) is 30.3 Å². The first-order valence-electron chi connectivity index (χ1n) is 10.2. The van der Waals surface area contributed by atoms with Crippen molar-refractivity contribution < 1.29 is 14.3 Å². The number of likely N-dealkylation sites (tertiary alicyclic amines) is 1. The Kier molecular flexibility index (Phi) is 7.51. The van der Waals surface area contributed by atoms with Gasteiger partial charge in [-0.05, 0) is 44.5 Å². The molecule has 2 saturated heterocycles. The van der Waals surface area contributed by atoms with Crippen LogP contribution in [0, 0.1) is 0 Å². The normalized spacial score (nSPS) is 17.9. The van der Waals surface area contributed by atoms with Crippen molar-refractivity contribution >= 4 is 11.8 Å². The molecular formula is C21H31N3O3. The van der Waals surface area contributed by atoms with Gasteiger partial charge in [-0.3, -0.25) is 9.59 Å². The lowest BCUT2D eigenvalue weighted by molar-refractivity contribution is -0.139. The van der Waals surface area contributed by atoms with Crippen molar-refractivity contribution in [2.75, 3.05) is 52.4 Å². The molecule has 0 aliphatic carbocycles. The number of amides is 2. The second-order valence-electron chi connectivity index (χ2n) is 7.33. The molecule has 0 aromatic heterocycles. The van der Waals surface area contributed by atoms with Crippen molar-refractivity contribution in [3.05, 3.63) is 30.3 Å². The highest BCUT2D eigenvalue weighted by Gasteiger charge is 2.24. The summed E-state index contributed by atoms with van der Waals surface area (Å²) in [7, 11) is 0. The van der Waals surface area contributed by atoms with Crippen molar-refractivity contribution in [3.8, 4) is 5.75 Å². The molecule has 0 atom stereocenters. The van der Waals surface area contributed by atoms with Gasteiger partial charge in [0.1, 0.15) is 5.75 Å². The van der Waals surface area contributed by atoms with E-state index in [1.54, 1.807) is 0 Å². The highest BCUT2D eigenvalue weighted by atomic mass is 16.5. The van der Waals surface area contributed by atoms with Crippen molar-refractivity contribution in [1.29, 1.82) is 0 Å². The molecule has 6 heteroatoms. The van der Waals surface area contributed by atoms with E-state index in [0.29, 0.717) is 52.0 Å². The monoisotopic (exact) mass is 373 g/mol. The van der Waals surface area contributed by atoms with Gasteiger partial charge in [-0.1, -0.05) is 18.2 Å². The smallest absolute Gasteiger partial charge is 0.223 e. The first-order chi connectivity index (χ1) is 13.2. The maximum atomic E-state index is 12.4. The number of para-hydroxylation sites is 1. The molecule has 2 fully saturated rings. The predicted molar refractivity (Wildman–Crippen MR) is 105 cm³/mol. The largest absolute Gasteiger partial charge is 0.494 e.